The number of nitrogens with zero attached hydrogens (tertiary/aromatic N) is 4. The molecule has 1 aliphatic rings. The zero-order valence-corrected chi connectivity index (χ0v) is 32.4. The average Bonchev–Trinajstić information content (AvgIpc) is 3.57. The first-order valence-corrected chi connectivity index (χ1v) is 19.5. The lowest BCUT2D eigenvalue weighted by Crippen LogP contribution is -2.17. The van der Waals surface area contributed by atoms with Gasteiger partial charge in [0.05, 0.1) is 38.5 Å². The number of phosphoric ester groups is 1. The van der Waals surface area contributed by atoms with Gasteiger partial charge in [0, 0.05) is 32.3 Å². The SMILES string of the molecule is Cc1sc2c(c1C)C(c1ccc(Cl)cc1)=N[C@@H](CC(=O)Nc1ccc(C#CCN)c(COP(=O)(OCC(C)C)OCC(C)C)c1)c1nnc(C)n1-2. The molecule has 1 aliphatic heterocycles. The van der Waals surface area contributed by atoms with E-state index in [1.807, 2.05) is 63.5 Å². The summed E-state index contributed by atoms with van der Waals surface area (Å²) >= 11 is 7.89. The highest BCUT2D eigenvalue weighted by Crippen LogP contribution is 2.51. The van der Waals surface area contributed by atoms with E-state index in [9.17, 15) is 9.36 Å². The van der Waals surface area contributed by atoms with E-state index in [0.29, 0.717) is 33.5 Å². The molecule has 0 spiro atoms. The van der Waals surface area contributed by atoms with Gasteiger partial charge in [0.1, 0.15) is 16.9 Å². The number of thiophene rings is 1. The molecule has 1 amide bonds. The van der Waals surface area contributed by atoms with Gasteiger partial charge in [-0.05, 0) is 74.1 Å². The molecule has 270 valence electrons. The number of nitrogens with one attached hydrogen (secondary N) is 1. The first kappa shape index (κ1) is 38.6. The summed E-state index contributed by atoms with van der Waals surface area (Å²) in [6.45, 7) is 14.3. The summed E-state index contributed by atoms with van der Waals surface area (Å²) < 4.78 is 32.7. The smallest absolute Gasteiger partial charge is 0.326 e. The Bertz CT molecular complexity index is 2010. The van der Waals surface area contributed by atoms with Crippen LogP contribution in [0.3, 0.4) is 0 Å². The summed E-state index contributed by atoms with van der Waals surface area (Å²) in [4.78, 5) is 20.2. The van der Waals surface area contributed by atoms with Crippen LogP contribution >= 0.6 is 30.8 Å². The molecule has 4 aromatic rings. The van der Waals surface area contributed by atoms with E-state index < -0.39 is 13.9 Å². The van der Waals surface area contributed by atoms with Crippen molar-refractivity contribution in [1.82, 2.24) is 14.8 Å². The maximum atomic E-state index is 13.8. The molecule has 0 unspecified atom stereocenters. The lowest BCUT2D eigenvalue weighted by atomic mass is 9.99. The number of carbonyl (C=O) groups excluding carboxylic acids is 1. The van der Waals surface area contributed by atoms with Crippen LogP contribution in [-0.2, 0) is 29.5 Å². The lowest BCUT2D eigenvalue weighted by Gasteiger charge is -2.20. The molecule has 5 rings (SSSR count). The molecule has 14 heteroatoms. The molecule has 0 radical (unpaired) electrons. The lowest BCUT2D eigenvalue weighted by molar-refractivity contribution is -0.116. The van der Waals surface area contributed by atoms with Gasteiger partial charge in [0.25, 0.3) is 0 Å². The van der Waals surface area contributed by atoms with Gasteiger partial charge in [-0.1, -0.05) is 63.3 Å². The molecule has 11 nitrogen and oxygen atoms in total. The number of nitrogens with two attached hydrogens (primary N) is 1. The number of fused-ring (bicyclic) bond motifs is 3. The van der Waals surface area contributed by atoms with Gasteiger partial charge >= 0.3 is 7.82 Å². The van der Waals surface area contributed by atoms with E-state index in [1.54, 1.807) is 29.5 Å². The second-order valence-electron chi connectivity index (χ2n) is 13.1. The Balaban J connectivity index is 1.44. The number of carbonyl (C=O) groups is 1. The maximum absolute atomic E-state index is 13.8. The zero-order valence-electron chi connectivity index (χ0n) is 29.9. The van der Waals surface area contributed by atoms with Crippen LogP contribution in [0.2, 0.25) is 5.02 Å². The van der Waals surface area contributed by atoms with Crippen molar-refractivity contribution in [2.45, 2.75) is 67.5 Å². The van der Waals surface area contributed by atoms with Crippen molar-refractivity contribution in [3.05, 3.63) is 91.8 Å². The standard InChI is InChI=1S/C37H44ClN6O5PS/c1-22(2)19-47-50(46,48-20-23(3)4)49-21-29-17-31(15-12-27(29)9-8-16-39)40-33(45)18-32-36-43-42-26(7)44(36)37-34(24(5)25(6)51-37)35(41-32)28-10-13-30(38)14-11-28/h10-15,17,22-23,32H,16,18-21,39H2,1-7H3,(H,40,45)/t32-/m0/s1. The van der Waals surface area contributed by atoms with Gasteiger partial charge in [-0.25, -0.2) is 4.57 Å². The highest BCUT2D eigenvalue weighted by Gasteiger charge is 2.33. The number of aryl methyl sites for hydroxylation is 2. The fraction of sp³-hybridized carbons (Fsp3) is 0.405. The fourth-order valence-corrected chi connectivity index (χ4v) is 8.14. The highest BCUT2D eigenvalue weighted by molar-refractivity contribution is 7.48. The second-order valence-corrected chi connectivity index (χ2v) is 16.4. The Morgan fingerprint density at radius 2 is 1.73 bits per heavy atom. The van der Waals surface area contributed by atoms with Gasteiger partial charge in [0.15, 0.2) is 5.82 Å². The largest absolute Gasteiger partial charge is 0.475 e. The summed E-state index contributed by atoms with van der Waals surface area (Å²) in [5.74, 6) is 7.12. The van der Waals surface area contributed by atoms with Crippen molar-refractivity contribution in [3.8, 4) is 16.8 Å². The van der Waals surface area contributed by atoms with Gasteiger partial charge in [-0.15, -0.1) is 21.5 Å². The molecule has 2 aromatic heterocycles. The van der Waals surface area contributed by atoms with Crippen molar-refractivity contribution in [2.75, 3.05) is 25.1 Å². The van der Waals surface area contributed by atoms with E-state index >= 15 is 0 Å². The molecule has 0 saturated carbocycles. The third-order valence-electron chi connectivity index (χ3n) is 7.96. The maximum Gasteiger partial charge on any atom is 0.475 e. The molecule has 3 N–H and O–H groups in total. The summed E-state index contributed by atoms with van der Waals surface area (Å²) in [6, 6.07) is 12.1. The van der Waals surface area contributed by atoms with Crippen molar-refractivity contribution >= 4 is 48.1 Å². The molecular weight excluding hydrogens is 707 g/mol. The Morgan fingerprint density at radius 3 is 2.37 bits per heavy atom. The van der Waals surface area contributed by atoms with Crippen LogP contribution in [-0.4, -0.2) is 46.1 Å². The first-order valence-electron chi connectivity index (χ1n) is 16.8. The van der Waals surface area contributed by atoms with Crippen LogP contribution in [0.15, 0.2) is 47.5 Å². The molecule has 51 heavy (non-hydrogen) atoms. The molecule has 3 heterocycles. The number of hydrogen-bond acceptors (Lipinski definition) is 10. The summed E-state index contributed by atoms with van der Waals surface area (Å²) in [6.07, 6.45) is -0.00988. The third-order valence-corrected chi connectivity index (χ3v) is 10.8. The van der Waals surface area contributed by atoms with Crippen LogP contribution in [0.1, 0.15) is 84.5 Å². The van der Waals surface area contributed by atoms with Crippen molar-refractivity contribution in [1.29, 1.82) is 0 Å². The van der Waals surface area contributed by atoms with E-state index in [0.717, 1.165) is 32.3 Å². The summed E-state index contributed by atoms with van der Waals surface area (Å²) in [7, 11) is -3.90. The molecule has 0 fully saturated rings. The normalized spacial score (nSPS) is 14.1. The van der Waals surface area contributed by atoms with Crippen LogP contribution in [0.25, 0.3) is 5.00 Å². The number of anilines is 1. The second kappa shape index (κ2) is 16.8. The quantitative estimate of drug-likeness (QED) is 0.103. The minimum absolute atomic E-state index is 0.00988. The number of benzene rings is 2. The zero-order chi connectivity index (χ0) is 36.9. The number of amides is 1. The molecule has 0 bridgehead atoms. The predicted molar refractivity (Wildman–Crippen MR) is 203 cm³/mol. The fourth-order valence-electron chi connectivity index (χ4n) is 5.32. The summed E-state index contributed by atoms with van der Waals surface area (Å²) in [5.41, 5.74) is 11.1. The van der Waals surface area contributed by atoms with Crippen LogP contribution in [0.5, 0.6) is 0 Å². The minimum atomic E-state index is -3.90. The van der Waals surface area contributed by atoms with Crippen LogP contribution in [0, 0.1) is 44.4 Å². The molecule has 1 atom stereocenters. The van der Waals surface area contributed by atoms with Crippen molar-refractivity contribution in [3.63, 3.8) is 0 Å². The molecule has 0 aliphatic carbocycles. The first-order chi connectivity index (χ1) is 24.3. The Kier molecular flexibility index (Phi) is 12.7. The summed E-state index contributed by atoms with van der Waals surface area (Å²) in [5, 5.41) is 13.5. The van der Waals surface area contributed by atoms with E-state index in [1.165, 1.54) is 0 Å². The van der Waals surface area contributed by atoms with Crippen LogP contribution < -0.4 is 11.1 Å². The average molecular weight is 751 g/mol. The minimum Gasteiger partial charge on any atom is -0.326 e. The molecule has 0 saturated heterocycles. The predicted octanol–water partition coefficient (Wildman–Crippen LogP) is 8.11. The number of phosphoric acid groups is 1. The highest BCUT2D eigenvalue weighted by atomic mass is 35.5. The monoisotopic (exact) mass is 750 g/mol. The molecular formula is C37H44ClN6O5PS. The van der Waals surface area contributed by atoms with Gasteiger partial charge in [-0.2, -0.15) is 0 Å². The number of rotatable bonds is 13. The number of aliphatic imine (C=N–C) groups is 1. The van der Waals surface area contributed by atoms with Gasteiger partial charge in [-0.3, -0.25) is 27.9 Å². The Hall–Kier alpha value is -3.66. The Morgan fingerprint density at radius 1 is 1.04 bits per heavy atom. The van der Waals surface area contributed by atoms with Crippen molar-refractivity contribution < 1.29 is 22.9 Å². The van der Waals surface area contributed by atoms with Gasteiger partial charge < -0.3 is 11.1 Å². The van der Waals surface area contributed by atoms with E-state index in [-0.39, 0.29) is 50.5 Å². The number of hydrogen-bond donors (Lipinski definition) is 2. The van der Waals surface area contributed by atoms with Gasteiger partial charge in [0.2, 0.25) is 5.91 Å². The van der Waals surface area contributed by atoms with E-state index in [2.05, 4.69) is 41.2 Å². The number of aromatic nitrogens is 3. The van der Waals surface area contributed by atoms with Crippen LogP contribution in [0.4, 0.5) is 5.69 Å². The molecule has 2 aromatic carbocycles. The topological polar surface area (TPSA) is 143 Å². The third kappa shape index (κ3) is 9.42. The van der Waals surface area contributed by atoms with Crippen molar-refractivity contribution in [2.24, 2.45) is 22.6 Å². The number of halogens is 1. The van der Waals surface area contributed by atoms with E-state index in [4.69, 9.17) is 35.9 Å². The Labute approximate surface area is 308 Å².